The maximum Gasteiger partial charge on any atom is 0.240 e. The molecule has 2 rings (SSSR count). The third-order valence-electron chi connectivity index (χ3n) is 2.23. The highest BCUT2D eigenvalue weighted by Gasteiger charge is 2.17. The van der Waals surface area contributed by atoms with Crippen LogP contribution in [0.4, 0.5) is 5.95 Å². The van der Waals surface area contributed by atoms with E-state index in [1.807, 2.05) is 11.8 Å². The average molecular weight is 196 g/mol. The van der Waals surface area contributed by atoms with Crippen LogP contribution >= 0.6 is 11.8 Å². The van der Waals surface area contributed by atoms with Crippen molar-refractivity contribution in [1.82, 2.24) is 15.2 Å². The van der Waals surface area contributed by atoms with E-state index < -0.39 is 0 Å². The van der Waals surface area contributed by atoms with Crippen LogP contribution in [0.15, 0.2) is 6.20 Å². The number of anilines is 1. The Kier molecular flexibility index (Phi) is 2.63. The molecule has 0 spiro atoms. The van der Waals surface area contributed by atoms with Gasteiger partial charge in [0.05, 0.1) is 11.9 Å². The largest absolute Gasteiger partial charge is 0.366 e. The Morgan fingerprint density at radius 2 is 2.15 bits per heavy atom. The number of nitrogen functional groups attached to an aromatic ring is 1. The molecular formula is C8H12N4S. The number of hydrogen-bond donors (Lipinski definition) is 1. The molecule has 1 aliphatic heterocycles. The van der Waals surface area contributed by atoms with Crippen LogP contribution in [0.1, 0.15) is 24.5 Å². The van der Waals surface area contributed by atoms with Gasteiger partial charge in [0.15, 0.2) is 0 Å². The normalized spacial score (nSPS) is 18.8. The molecule has 1 aromatic heterocycles. The number of thioether (sulfide) groups is 1. The molecule has 0 aliphatic carbocycles. The topological polar surface area (TPSA) is 64.7 Å². The molecule has 0 unspecified atom stereocenters. The van der Waals surface area contributed by atoms with Gasteiger partial charge in [0.2, 0.25) is 5.95 Å². The second-order valence-corrected chi connectivity index (χ2v) is 4.35. The van der Waals surface area contributed by atoms with Crippen molar-refractivity contribution < 1.29 is 0 Å². The van der Waals surface area contributed by atoms with Gasteiger partial charge in [0.25, 0.3) is 0 Å². The lowest BCUT2D eigenvalue weighted by Crippen LogP contribution is -2.11. The molecule has 1 saturated heterocycles. The first-order valence-electron chi connectivity index (χ1n) is 4.39. The van der Waals surface area contributed by atoms with E-state index >= 15 is 0 Å². The predicted molar refractivity (Wildman–Crippen MR) is 53.5 cm³/mol. The van der Waals surface area contributed by atoms with Gasteiger partial charge >= 0.3 is 0 Å². The van der Waals surface area contributed by atoms with Crippen LogP contribution in [0.25, 0.3) is 0 Å². The Labute approximate surface area is 81.3 Å². The lowest BCUT2D eigenvalue weighted by Gasteiger charge is -2.19. The second kappa shape index (κ2) is 3.91. The average Bonchev–Trinajstić information content (AvgIpc) is 2.19. The van der Waals surface area contributed by atoms with Gasteiger partial charge in [0, 0.05) is 5.92 Å². The first-order chi connectivity index (χ1) is 6.36. The highest BCUT2D eigenvalue weighted by atomic mass is 32.2. The molecule has 1 aromatic rings. The van der Waals surface area contributed by atoms with Gasteiger partial charge in [-0.05, 0) is 24.3 Å². The molecule has 4 nitrogen and oxygen atoms in total. The van der Waals surface area contributed by atoms with Gasteiger partial charge in [0.1, 0.15) is 0 Å². The van der Waals surface area contributed by atoms with Crippen molar-refractivity contribution in [3.8, 4) is 0 Å². The summed E-state index contributed by atoms with van der Waals surface area (Å²) >= 11 is 2.00. The molecule has 70 valence electrons. The summed E-state index contributed by atoms with van der Waals surface area (Å²) in [6.45, 7) is 0. The van der Waals surface area contributed by atoms with Crippen LogP contribution in [0.2, 0.25) is 0 Å². The Morgan fingerprint density at radius 3 is 2.85 bits per heavy atom. The smallest absolute Gasteiger partial charge is 0.240 e. The Bertz CT molecular complexity index is 285. The summed E-state index contributed by atoms with van der Waals surface area (Å²) in [5.41, 5.74) is 6.48. The summed E-state index contributed by atoms with van der Waals surface area (Å²) in [5.74, 6) is 3.26. The van der Waals surface area contributed by atoms with E-state index in [0.717, 1.165) is 5.69 Å². The minimum Gasteiger partial charge on any atom is -0.366 e. The summed E-state index contributed by atoms with van der Waals surface area (Å²) < 4.78 is 0. The van der Waals surface area contributed by atoms with Crippen molar-refractivity contribution in [2.45, 2.75) is 18.8 Å². The quantitative estimate of drug-likeness (QED) is 0.727. The van der Waals surface area contributed by atoms with Crippen molar-refractivity contribution >= 4 is 17.7 Å². The van der Waals surface area contributed by atoms with E-state index in [1.165, 1.54) is 24.3 Å². The monoisotopic (exact) mass is 196 g/mol. The summed E-state index contributed by atoms with van der Waals surface area (Å²) in [6.07, 6.45) is 4.10. The van der Waals surface area contributed by atoms with Crippen LogP contribution in [0.3, 0.4) is 0 Å². The molecule has 0 radical (unpaired) electrons. The number of aromatic nitrogens is 3. The first kappa shape index (κ1) is 8.74. The van der Waals surface area contributed by atoms with E-state index in [9.17, 15) is 0 Å². The van der Waals surface area contributed by atoms with Crippen LogP contribution in [0, 0.1) is 0 Å². The van der Waals surface area contributed by atoms with Gasteiger partial charge in [-0.25, -0.2) is 4.98 Å². The molecule has 1 aliphatic rings. The van der Waals surface area contributed by atoms with Crippen LogP contribution in [-0.4, -0.2) is 26.7 Å². The van der Waals surface area contributed by atoms with E-state index in [2.05, 4.69) is 15.2 Å². The Morgan fingerprint density at radius 1 is 1.38 bits per heavy atom. The predicted octanol–water partition coefficient (Wildman–Crippen LogP) is 1.06. The number of nitrogens with zero attached hydrogens (tertiary/aromatic N) is 3. The third kappa shape index (κ3) is 2.09. The highest BCUT2D eigenvalue weighted by Crippen LogP contribution is 2.29. The fourth-order valence-corrected chi connectivity index (χ4v) is 2.63. The fraction of sp³-hybridized carbons (Fsp3) is 0.625. The number of rotatable bonds is 1. The van der Waals surface area contributed by atoms with Gasteiger partial charge in [-0.1, -0.05) is 0 Å². The molecule has 0 saturated carbocycles. The zero-order valence-corrected chi connectivity index (χ0v) is 8.13. The Balaban J connectivity index is 2.14. The van der Waals surface area contributed by atoms with Crippen molar-refractivity contribution in [3.05, 3.63) is 11.9 Å². The van der Waals surface area contributed by atoms with Crippen molar-refractivity contribution in [2.75, 3.05) is 17.2 Å². The zero-order chi connectivity index (χ0) is 9.10. The zero-order valence-electron chi connectivity index (χ0n) is 7.31. The maximum atomic E-state index is 5.48. The van der Waals surface area contributed by atoms with E-state index in [-0.39, 0.29) is 5.95 Å². The Hall–Kier alpha value is -0.840. The van der Waals surface area contributed by atoms with Crippen LogP contribution < -0.4 is 5.73 Å². The molecule has 0 amide bonds. The number of hydrogen-bond acceptors (Lipinski definition) is 5. The van der Waals surface area contributed by atoms with Gasteiger partial charge < -0.3 is 5.73 Å². The summed E-state index contributed by atoms with van der Waals surface area (Å²) in [6, 6.07) is 0. The SMILES string of the molecule is Nc1nncc(C2CCSCC2)n1. The van der Waals surface area contributed by atoms with Gasteiger partial charge in [-0.2, -0.15) is 16.9 Å². The minimum absolute atomic E-state index is 0.288. The van der Waals surface area contributed by atoms with E-state index in [0.29, 0.717) is 5.92 Å². The summed E-state index contributed by atoms with van der Waals surface area (Å²) in [4.78, 5) is 4.19. The standard InChI is InChI=1S/C8H12N4S/c9-8-11-7(5-10-12-8)6-1-3-13-4-2-6/h5-6H,1-4H2,(H2,9,11,12). The molecule has 5 heteroatoms. The second-order valence-electron chi connectivity index (χ2n) is 3.13. The lowest BCUT2D eigenvalue weighted by atomic mass is 9.99. The lowest BCUT2D eigenvalue weighted by molar-refractivity contribution is 0.612. The highest BCUT2D eigenvalue weighted by molar-refractivity contribution is 7.99. The number of nitrogens with two attached hydrogens (primary N) is 1. The summed E-state index contributed by atoms with van der Waals surface area (Å²) in [5, 5.41) is 7.46. The molecule has 0 atom stereocenters. The molecule has 13 heavy (non-hydrogen) atoms. The van der Waals surface area contributed by atoms with Crippen LogP contribution in [0.5, 0.6) is 0 Å². The van der Waals surface area contributed by atoms with Gasteiger partial charge in [-0.3, -0.25) is 0 Å². The van der Waals surface area contributed by atoms with E-state index in [1.54, 1.807) is 6.20 Å². The molecular weight excluding hydrogens is 184 g/mol. The first-order valence-corrected chi connectivity index (χ1v) is 5.54. The van der Waals surface area contributed by atoms with Crippen molar-refractivity contribution in [3.63, 3.8) is 0 Å². The fourth-order valence-electron chi connectivity index (χ4n) is 1.52. The minimum atomic E-state index is 0.288. The molecule has 1 fully saturated rings. The molecule has 0 bridgehead atoms. The van der Waals surface area contributed by atoms with Crippen molar-refractivity contribution in [2.24, 2.45) is 0 Å². The maximum absolute atomic E-state index is 5.48. The van der Waals surface area contributed by atoms with Crippen molar-refractivity contribution in [1.29, 1.82) is 0 Å². The van der Waals surface area contributed by atoms with E-state index in [4.69, 9.17) is 5.73 Å². The third-order valence-corrected chi connectivity index (χ3v) is 3.28. The molecule has 2 N–H and O–H groups in total. The summed E-state index contributed by atoms with van der Waals surface area (Å²) in [7, 11) is 0. The van der Waals surface area contributed by atoms with Crippen LogP contribution in [-0.2, 0) is 0 Å². The van der Waals surface area contributed by atoms with Gasteiger partial charge in [-0.15, -0.1) is 5.10 Å². The molecule has 0 aromatic carbocycles. The molecule has 2 heterocycles.